The van der Waals surface area contributed by atoms with Gasteiger partial charge in [0.2, 0.25) is 0 Å². The lowest BCUT2D eigenvalue weighted by Gasteiger charge is -2.18. The quantitative estimate of drug-likeness (QED) is 0.187. The van der Waals surface area contributed by atoms with Crippen molar-refractivity contribution >= 4 is 11.9 Å². The maximum Gasteiger partial charge on any atom is 0.305 e. The van der Waals surface area contributed by atoms with Crippen LogP contribution in [-0.2, 0) is 30.4 Å². The molecule has 0 heterocycles. The molecule has 1 rings (SSSR count). The van der Waals surface area contributed by atoms with Gasteiger partial charge in [-0.2, -0.15) is 0 Å². The molecule has 0 amide bonds. The van der Waals surface area contributed by atoms with Crippen LogP contribution in [0.25, 0.3) is 0 Å². The van der Waals surface area contributed by atoms with Crippen LogP contribution >= 0.6 is 0 Å². The van der Waals surface area contributed by atoms with Crippen LogP contribution in [-0.4, -0.2) is 31.3 Å². The lowest BCUT2D eigenvalue weighted by Crippen LogP contribution is -2.28. The second-order valence-corrected chi connectivity index (χ2v) is 8.11. The van der Waals surface area contributed by atoms with Crippen LogP contribution in [0, 0.1) is 0 Å². The molecule has 0 radical (unpaired) electrons. The van der Waals surface area contributed by atoms with Gasteiger partial charge in [-0.25, -0.2) is 0 Å². The molecule has 1 aromatic carbocycles. The number of esters is 2. The third-order valence-corrected chi connectivity index (χ3v) is 5.16. The highest BCUT2D eigenvalue weighted by molar-refractivity contribution is 5.69. The molecule has 176 valence electrons. The SMILES string of the molecule is CCCCCCCC(=O)OCC(COC(=O)CCCCCCC)OCc1ccccc1. The first-order valence-corrected chi connectivity index (χ1v) is 12.1. The molecule has 0 aliphatic rings. The fourth-order valence-corrected chi connectivity index (χ4v) is 3.19. The van der Waals surface area contributed by atoms with Crippen LogP contribution in [0.3, 0.4) is 0 Å². The molecular formula is C26H42O5. The molecular weight excluding hydrogens is 392 g/mol. The molecule has 0 spiro atoms. The van der Waals surface area contributed by atoms with Crippen LogP contribution in [0.15, 0.2) is 30.3 Å². The predicted octanol–water partition coefficient (Wildman–Crippen LogP) is 6.38. The summed E-state index contributed by atoms with van der Waals surface area (Å²) in [6, 6.07) is 9.80. The minimum absolute atomic E-state index is 0.102. The second kappa shape index (κ2) is 18.9. The molecule has 0 saturated heterocycles. The van der Waals surface area contributed by atoms with Gasteiger partial charge in [0.25, 0.3) is 0 Å². The summed E-state index contributed by atoms with van der Waals surface area (Å²) in [5.74, 6) is -0.431. The first-order chi connectivity index (χ1) is 15.2. The Hall–Kier alpha value is -1.88. The molecule has 0 bridgehead atoms. The van der Waals surface area contributed by atoms with Gasteiger partial charge in [-0.15, -0.1) is 0 Å². The molecule has 0 aliphatic heterocycles. The Labute approximate surface area is 188 Å². The van der Waals surface area contributed by atoms with Crippen molar-refractivity contribution in [1.82, 2.24) is 0 Å². The Kier molecular flexibility index (Phi) is 16.5. The van der Waals surface area contributed by atoms with Crippen LogP contribution in [0.2, 0.25) is 0 Å². The second-order valence-electron chi connectivity index (χ2n) is 8.11. The van der Waals surface area contributed by atoms with E-state index in [1.807, 2.05) is 30.3 Å². The van der Waals surface area contributed by atoms with Gasteiger partial charge < -0.3 is 14.2 Å². The smallest absolute Gasteiger partial charge is 0.305 e. The largest absolute Gasteiger partial charge is 0.463 e. The average Bonchev–Trinajstić information content (AvgIpc) is 2.79. The number of carbonyl (C=O) groups excluding carboxylic acids is 2. The summed E-state index contributed by atoms with van der Waals surface area (Å²) in [5.41, 5.74) is 1.03. The molecule has 0 fully saturated rings. The zero-order valence-corrected chi connectivity index (χ0v) is 19.6. The third-order valence-electron chi connectivity index (χ3n) is 5.16. The van der Waals surface area contributed by atoms with Crippen LogP contribution in [0.4, 0.5) is 0 Å². The van der Waals surface area contributed by atoms with Crippen molar-refractivity contribution in [2.45, 2.75) is 104 Å². The van der Waals surface area contributed by atoms with Gasteiger partial charge in [-0.1, -0.05) is 95.5 Å². The number of ether oxygens (including phenoxy) is 3. The van der Waals surface area contributed by atoms with Crippen molar-refractivity contribution in [3.05, 3.63) is 35.9 Å². The Morgan fingerprint density at radius 3 is 1.68 bits per heavy atom. The number of benzene rings is 1. The Morgan fingerprint density at radius 2 is 1.19 bits per heavy atom. The molecule has 1 aromatic rings. The Bertz CT molecular complexity index is 542. The van der Waals surface area contributed by atoms with Crippen molar-refractivity contribution in [3.8, 4) is 0 Å². The van der Waals surface area contributed by atoms with E-state index >= 15 is 0 Å². The van der Waals surface area contributed by atoms with E-state index in [2.05, 4.69) is 13.8 Å². The summed E-state index contributed by atoms with van der Waals surface area (Å²) in [6.07, 6.45) is 11.3. The van der Waals surface area contributed by atoms with Gasteiger partial charge >= 0.3 is 11.9 Å². The Morgan fingerprint density at radius 1 is 0.710 bits per heavy atom. The minimum Gasteiger partial charge on any atom is -0.463 e. The summed E-state index contributed by atoms with van der Waals surface area (Å²) in [5, 5.41) is 0. The fourth-order valence-electron chi connectivity index (χ4n) is 3.19. The van der Waals surface area contributed by atoms with Crippen molar-refractivity contribution in [3.63, 3.8) is 0 Å². The van der Waals surface area contributed by atoms with Crippen molar-refractivity contribution in [2.75, 3.05) is 13.2 Å². The zero-order valence-electron chi connectivity index (χ0n) is 19.6. The van der Waals surface area contributed by atoms with Crippen LogP contribution < -0.4 is 0 Å². The molecule has 5 heteroatoms. The zero-order chi connectivity index (χ0) is 22.6. The van der Waals surface area contributed by atoms with Gasteiger partial charge in [0, 0.05) is 12.8 Å². The fraction of sp³-hybridized carbons (Fsp3) is 0.692. The molecule has 0 unspecified atom stereocenters. The predicted molar refractivity (Wildman–Crippen MR) is 124 cm³/mol. The van der Waals surface area contributed by atoms with E-state index in [0.717, 1.165) is 44.1 Å². The number of unbranched alkanes of at least 4 members (excludes halogenated alkanes) is 8. The first kappa shape index (κ1) is 27.2. The van der Waals surface area contributed by atoms with E-state index < -0.39 is 6.10 Å². The lowest BCUT2D eigenvalue weighted by atomic mass is 10.1. The van der Waals surface area contributed by atoms with Gasteiger partial charge in [0.05, 0.1) is 6.61 Å². The number of carbonyl (C=O) groups is 2. The number of rotatable bonds is 19. The Balaban J connectivity index is 2.36. The van der Waals surface area contributed by atoms with Crippen molar-refractivity contribution in [1.29, 1.82) is 0 Å². The van der Waals surface area contributed by atoms with E-state index in [1.54, 1.807) is 0 Å². The highest BCUT2D eigenvalue weighted by atomic mass is 16.6. The highest BCUT2D eigenvalue weighted by Gasteiger charge is 2.16. The van der Waals surface area contributed by atoms with E-state index in [4.69, 9.17) is 14.2 Å². The summed E-state index contributed by atoms with van der Waals surface area (Å²) in [4.78, 5) is 24.1. The summed E-state index contributed by atoms with van der Waals surface area (Å²) in [7, 11) is 0. The summed E-state index contributed by atoms with van der Waals surface area (Å²) < 4.78 is 16.7. The highest BCUT2D eigenvalue weighted by Crippen LogP contribution is 2.10. The van der Waals surface area contributed by atoms with Crippen molar-refractivity contribution in [2.24, 2.45) is 0 Å². The third kappa shape index (κ3) is 15.6. The van der Waals surface area contributed by atoms with Gasteiger partial charge in [-0.3, -0.25) is 9.59 Å². The molecule has 0 N–H and O–H groups in total. The van der Waals surface area contributed by atoms with Gasteiger partial charge in [-0.05, 0) is 18.4 Å². The lowest BCUT2D eigenvalue weighted by molar-refractivity contribution is -0.156. The minimum atomic E-state index is -0.465. The van der Waals surface area contributed by atoms with E-state index in [0.29, 0.717) is 19.4 Å². The van der Waals surface area contributed by atoms with Crippen molar-refractivity contribution < 1.29 is 23.8 Å². The molecule has 0 atom stereocenters. The maximum absolute atomic E-state index is 12.0. The standard InChI is InChI=1S/C26H42O5/c1-3-5-7-9-14-18-25(27)30-21-24(29-20-23-16-12-11-13-17-23)22-31-26(28)19-15-10-8-6-4-2/h11-13,16-17,24H,3-10,14-15,18-22H2,1-2H3. The van der Waals surface area contributed by atoms with E-state index in [1.165, 1.54) is 25.7 Å². The molecule has 5 nitrogen and oxygen atoms in total. The molecule has 0 aliphatic carbocycles. The van der Waals surface area contributed by atoms with E-state index in [9.17, 15) is 9.59 Å². The average molecular weight is 435 g/mol. The number of hydrogen-bond acceptors (Lipinski definition) is 5. The maximum atomic E-state index is 12.0. The molecule has 0 saturated carbocycles. The van der Waals surface area contributed by atoms with Gasteiger partial charge in [0.15, 0.2) is 0 Å². The van der Waals surface area contributed by atoms with E-state index in [-0.39, 0.29) is 25.2 Å². The summed E-state index contributed by atoms with van der Waals surface area (Å²) >= 11 is 0. The van der Waals surface area contributed by atoms with Crippen LogP contribution in [0.1, 0.15) is 96.5 Å². The van der Waals surface area contributed by atoms with Crippen LogP contribution in [0.5, 0.6) is 0 Å². The normalized spacial score (nSPS) is 10.9. The molecule has 31 heavy (non-hydrogen) atoms. The van der Waals surface area contributed by atoms with Gasteiger partial charge in [0.1, 0.15) is 19.3 Å². The topological polar surface area (TPSA) is 61.8 Å². The number of hydrogen-bond donors (Lipinski definition) is 0. The first-order valence-electron chi connectivity index (χ1n) is 12.1. The monoisotopic (exact) mass is 434 g/mol. The summed E-state index contributed by atoms with van der Waals surface area (Å²) in [6.45, 7) is 4.93. The molecule has 0 aromatic heterocycles.